The van der Waals surface area contributed by atoms with Crippen molar-refractivity contribution in [3.8, 4) is 23.1 Å². The van der Waals surface area contributed by atoms with Gasteiger partial charge in [-0.3, -0.25) is 14.9 Å². The molecule has 14 nitrogen and oxygen atoms in total. The van der Waals surface area contributed by atoms with Crippen molar-refractivity contribution < 1.29 is 33.0 Å². The van der Waals surface area contributed by atoms with Crippen molar-refractivity contribution in [3.05, 3.63) is 83.5 Å². The lowest BCUT2D eigenvalue weighted by Crippen LogP contribution is -2.51. The number of amides is 4. The zero-order valence-electron chi connectivity index (χ0n) is 32.3. The number of fused-ring (bicyclic) bond motifs is 1. The predicted octanol–water partition coefficient (Wildman–Crippen LogP) is 6.01. The first-order valence-electron chi connectivity index (χ1n) is 19.2. The van der Waals surface area contributed by atoms with Crippen molar-refractivity contribution in [2.45, 2.75) is 70.5 Å². The summed E-state index contributed by atoms with van der Waals surface area (Å²) in [5.41, 5.74) is 4.46. The number of rotatable bonds is 8. The fourth-order valence-corrected chi connectivity index (χ4v) is 8.24. The highest BCUT2D eigenvalue weighted by molar-refractivity contribution is 5.96. The Morgan fingerprint density at radius 2 is 1.51 bits per heavy atom. The molecule has 2 aromatic carbocycles. The number of aromatic amines is 2. The SMILES string of the molecule is COC(=O)N/C(=C\F)C(=O)N1CC2(CC2)C[C@H]1c1ncc(-c2ccc(C#Cc3ccc4nc([C@@H]5CC6(CC6)CN5C(=O)[C@@H](NC(=O)OC)C(C)C)[nH]c4c3)cc2)[nH]1. The molecule has 296 valence electrons. The Balaban J connectivity index is 0.958. The molecular formula is C42H45FN8O6. The maximum absolute atomic E-state index is 13.9. The quantitative estimate of drug-likeness (QED) is 0.124. The average molecular weight is 777 g/mol. The van der Waals surface area contributed by atoms with Crippen LogP contribution in [0.5, 0.6) is 0 Å². The first-order valence-corrected chi connectivity index (χ1v) is 19.2. The normalized spacial score (nSPS) is 20.7. The number of halogens is 1. The molecule has 2 spiro atoms. The molecule has 2 saturated carbocycles. The fourth-order valence-electron chi connectivity index (χ4n) is 8.24. The Morgan fingerprint density at radius 3 is 2.14 bits per heavy atom. The van der Waals surface area contributed by atoms with Crippen LogP contribution in [0.15, 0.2) is 60.7 Å². The second kappa shape index (κ2) is 14.7. The van der Waals surface area contributed by atoms with Crippen molar-refractivity contribution in [1.29, 1.82) is 0 Å². The molecule has 4 aliphatic rings. The molecule has 57 heavy (non-hydrogen) atoms. The van der Waals surface area contributed by atoms with Gasteiger partial charge in [0.2, 0.25) is 5.91 Å². The van der Waals surface area contributed by atoms with E-state index in [4.69, 9.17) is 9.72 Å². The molecule has 4 amide bonds. The Morgan fingerprint density at radius 1 is 0.877 bits per heavy atom. The number of nitrogens with one attached hydrogen (secondary N) is 4. The number of H-pyrrole nitrogens is 2. The standard InChI is InChI=1S/C42H45FN8O6/c1-24(2)34(49-40(55)57-4)38(53)51-23-42(15-16-42)19-33(51)36-45-28-12-9-26(17-29(28)46-36)6-5-25-7-10-27(11-8-25)31-21-44-35(47-31)32-18-41(13-14-41)22-50(32)37(52)30(20-43)48-39(54)56-3/h7-12,17,20-21,24,32-34H,13-16,18-19,22-23H2,1-4H3,(H,44,47)(H,45,46)(H,48,54)(H,49,55)/b30-20-/t32-,33-,34-/m0/s1. The predicted molar refractivity (Wildman–Crippen MR) is 206 cm³/mol. The number of carbonyl (C=O) groups excluding carboxylic acids is 4. The van der Waals surface area contributed by atoms with Gasteiger partial charge in [-0.1, -0.05) is 37.8 Å². The maximum atomic E-state index is 13.9. The molecule has 4 fully saturated rings. The third kappa shape index (κ3) is 7.56. The summed E-state index contributed by atoms with van der Waals surface area (Å²) in [5, 5.41) is 4.90. The lowest BCUT2D eigenvalue weighted by molar-refractivity contribution is -0.135. The van der Waals surface area contributed by atoms with Gasteiger partial charge in [0.15, 0.2) is 0 Å². The average Bonchev–Trinajstić information content (AvgIpc) is 3.83. The highest BCUT2D eigenvalue weighted by atomic mass is 19.1. The van der Waals surface area contributed by atoms with E-state index in [0.29, 0.717) is 25.3 Å². The van der Waals surface area contributed by atoms with Gasteiger partial charge in [-0.15, -0.1) is 0 Å². The molecule has 0 radical (unpaired) electrons. The van der Waals surface area contributed by atoms with Crippen LogP contribution in [-0.4, -0.2) is 87.1 Å². The smallest absolute Gasteiger partial charge is 0.411 e. The third-order valence-electron chi connectivity index (χ3n) is 11.9. The lowest BCUT2D eigenvalue weighted by atomic mass is 10.0. The van der Waals surface area contributed by atoms with Gasteiger partial charge in [0.05, 0.1) is 49.2 Å². The lowest BCUT2D eigenvalue weighted by Gasteiger charge is -2.30. The monoisotopic (exact) mass is 776 g/mol. The number of hydrogen-bond acceptors (Lipinski definition) is 8. The van der Waals surface area contributed by atoms with E-state index in [9.17, 15) is 23.6 Å². The summed E-state index contributed by atoms with van der Waals surface area (Å²) in [6.07, 6.45) is 5.84. The summed E-state index contributed by atoms with van der Waals surface area (Å²) in [7, 11) is 2.44. The molecule has 4 aromatic rings. The third-order valence-corrected chi connectivity index (χ3v) is 11.9. The molecule has 4 heterocycles. The molecule has 3 atom stereocenters. The number of likely N-dealkylation sites (tertiary alicyclic amines) is 2. The minimum absolute atomic E-state index is 0.0233. The molecule has 2 aliphatic heterocycles. The van der Waals surface area contributed by atoms with Crippen molar-refractivity contribution in [2.24, 2.45) is 16.7 Å². The number of carbonyl (C=O) groups is 4. The van der Waals surface area contributed by atoms with Gasteiger partial charge < -0.3 is 34.6 Å². The minimum atomic E-state index is -0.924. The van der Waals surface area contributed by atoms with Crippen molar-refractivity contribution in [2.75, 3.05) is 27.3 Å². The van der Waals surface area contributed by atoms with Crippen LogP contribution in [-0.2, 0) is 19.1 Å². The van der Waals surface area contributed by atoms with E-state index in [1.807, 2.05) is 61.2 Å². The number of methoxy groups -OCH3 is 2. The second-order valence-corrected chi connectivity index (χ2v) is 16.2. The highest BCUT2D eigenvalue weighted by Gasteiger charge is 2.56. The molecule has 0 bridgehead atoms. The van der Waals surface area contributed by atoms with E-state index in [1.165, 1.54) is 7.11 Å². The van der Waals surface area contributed by atoms with Crippen LogP contribution in [0.1, 0.15) is 87.2 Å². The van der Waals surface area contributed by atoms with Gasteiger partial charge in [0, 0.05) is 24.2 Å². The molecule has 2 aromatic heterocycles. The number of alkyl carbamates (subject to hydrolysis) is 2. The van der Waals surface area contributed by atoms with Crippen LogP contribution in [0.3, 0.4) is 0 Å². The number of benzene rings is 2. The van der Waals surface area contributed by atoms with Crippen LogP contribution in [0, 0.1) is 28.6 Å². The number of aromatic nitrogens is 4. The summed E-state index contributed by atoms with van der Waals surface area (Å²) in [4.78, 5) is 70.8. The van der Waals surface area contributed by atoms with Crippen LogP contribution >= 0.6 is 0 Å². The van der Waals surface area contributed by atoms with E-state index in [1.54, 1.807) is 11.1 Å². The summed E-state index contributed by atoms with van der Waals surface area (Å²) < 4.78 is 23.1. The topological polar surface area (TPSA) is 175 Å². The Bertz CT molecular complexity index is 2330. The molecule has 2 saturated heterocycles. The Labute approximate surface area is 329 Å². The number of imidazole rings is 2. The fraction of sp³-hybridized carbons (Fsp3) is 0.429. The number of ether oxygens (including phenoxy) is 2. The molecule has 0 unspecified atom stereocenters. The van der Waals surface area contributed by atoms with E-state index >= 15 is 0 Å². The van der Waals surface area contributed by atoms with E-state index in [2.05, 4.69) is 42.2 Å². The molecule has 15 heteroatoms. The summed E-state index contributed by atoms with van der Waals surface area (Å²) in [6, 6.07) is 12.2. The van der Waals surface area contributed by atoms with Crippen LogP contribution in [0.4, 0.5) is 14.0 Å². The first kappa shape index (κ1) is 37.7. The van der Waals surface area contributed by atoms with Gasteiger partial charge in [0.1, 0.15) is 29.7 Å². The van der Waals surface area contributed by atoms with Crippen molar-refractivity contribution in [1.82, 2.24) is 40.4 Å². The summed E-state index contributed by atoms with van der Waals surface area (Å²) >= 11 is 0. The van der Waals surface area contributed by atoms with E-state index < -0.39 is 35.9 Å². The van der Waals surface area contributed by atoms with E-state index in [0.717, 1.165) is 78.5 Å². The van der Waals surface area contributed by atoms with Gasteiger partial charge >= 0.3 is 12.2 Å². The number of nitrogens with zero attached hydrogens (tertiary/aromatic N) is 4. The van der Waals surface area contributed by atoms with Gasteiger partial charge in [-0.25, -0.2) is 23.9 Å². The number of hydrogen-bond donors (Lipinski definition) is 4. The van der Waals surface area contributed by atoms with Crippen molar-refractivity contribution in [3.63, 3.8) is 0 Å². The minimum Gasteiger partial charge on any atom is -0.453 e. The highest BCUT2D eigenvalue weighted by Crippen LogP contribution is 2.59. The zero-order chi connectivity index (χ0) is 40.1. The van der Waals surface area contributed by atoms with Gasteiger partial charge in [0.25, 0.3) is 5.91 Å². The van der Waals surface area contributed by atoms with Gasteiger partial charge in [-0.05, 0) is 91.2 Å². The first-order chi connectivity index (χ1) is 27.4. The zero-order valence-corrected chi connectivity index (χ0v) is 32.3. The molecule has 8 rings (SSSR count). The largest absolute Gasteiger partial charge is 0.453 e. The van der Waals surface area contributed by atoms with E-state index in [-0.39, 0.29) is 35.0 Å². The Hall–Kier alpha value is -6.17. The summed E-state index contributed by atoms with van der Waals surface area (Å²) in [6.45, 7) is 4.90. The van der Waals surface area contributed by atoms with Crippen LogP contribution in [0.2, 0.25) is 0 Å². The Kier molecular flexibility index (Phi) is 9.75. The van der Waals surface area contributed by atoms with Crippen LogP contribution in [0.25, 0.3) is 22.3 Å². The van der Waals surface area contributed by atoms with Crippen LogP contribution < -0.4 is 10.6 Å². The maximum Gasteiger partial charge on any atom is 0.411 e. The van der Waals surface area contributed by atoms with Crippen molar-refractivity contribution >= 4 is 35.0 Å². The molecule has 2 aliphatic carbocycles. The molecular weight excluding hydrogens is 732 g/mol. The van der Waals surface area contributed by atoms with Gasteiger partial charge in [-0.2, -0.15) is 0 Å². The summed E-state index contributed by atoms with van der Waals surface area (Å²) in [5.74, 6) is 6.93. The second-order valence-electron chi connectivity index (χ2n) is 16.2. The molecule has 4 N–H and O–H groups in total.